The number of pyridine rings is 1. The number of methoxy groups -OCH3 is 3. The van der Waals surface area contributed by atoms with E-state index in [0.29, 0.717) is 46.1 Å². The number of nitrogens with zero attached hydrogens (tertiary/aromatic N) is 1. The molecule has 0 spiro atoms. The zero-order valence-electron chi connectivity index (χ0n) is 25.9. The molecule has 1 amide bonds. The van der Waals surface area contributed by atoms with Crippen molar-refractivity contribution >= 4 is 33.3 Å². The number of aliphatic hydroxyl groups excluding tert-OH is 1. The highest BCUT2D eigenvalue weighted by molar-refractivity contribution is 7.17. The summed E-state index contributed by atoms with van der Waals surface area (Å²) in [6.07, 6.45) is -1.27. The predicted molar refractivity (Wildman–Crippen MR) is 175 cm³/mol. The second-order valence-corrected chi connectivity index (χ2v) is 11.1. The topological polar surface area (TPSA) is 125 Å². The van der Waals surface area contributed by atoms with E-state index in [9.17, 15) is 19.1 Å². The van der Waals surface area contributed by atoms with E-state index >= 15 is 0 Å². The first-order chi connectivity index (χ1) is 22.8. The Morgan fingerprint density at radius 3 is 2.49 bits per heavy atom. The number of halogens is 1. The Morgan fingerprint density at radius 1 is 0.936 bits per heavy atom. The summed E-state index contributed by atoms with van der Waals surface area (Å²) in [4.78, 5) is 30.0. The minimum Gasteiger partial charge on any atom is -0.497 e. The van der Waals surface area contributed by atoms with Crippen LogP contribution in [0.5, 0.6) is 17.2 Å². The van der Waals surface area contributed by atoms with E-state index < -0.39 is 18.0 Å². The fraction of sp³-hybridized carbons (Fsp3) is 0.229. The normalized spacial score (nSPS) is 11.6. The minimum atomic E-state index is -1.27. The van der Waals surface area contributed by atoms with Gasteiger partial charge in [0.2, 0.25) is 0 Å². The van der Waals surface area contributed by atoms with E-state index in [4.69, 9.17) is 23.7 Å². The van der Waals surface area contributed by atoms with Crippen LogP contribution in [-0.2, 0) is 16.1 Å². The molecule has 0 aliphatic heterocycles. The summed E-state index contributed by atoms with van der Waals surface area (Å²) >= 11 is 1.21. The molecule has 2 aromatic heterocycles. The Bertz CT molecular complexity index is 1860. The van der Waals surface area contributed by atoms with Crippen molar-refractivity contribution in [3.8, 4) is 28.5 Å². The number of ether oxygens (including phenoxy) is 5. The van der Waals surface area contributed by atoms with Crippen LogP contribution in [0.1, 0.15) is 38.1 Å². The molecule has 5 rings (SSSR count). The molecule has 5 aromatic rings. The summed E-state index contributed by atoms with van der Waals surface area (Å²) in [6, 6.07) is 20.0. The number of aromatic nitrogens is 1. The van der Waals surface area contributed by atoms with Crippen molar-refractivity contribution in [1.82, 2.24) is 10.3 Å². The summed E-state index contributed by atoms with van der Waals surface area (Å²) in [5.41, 5.74) is 2.53. The van der Waals surface area contributed by atoms with Gasteiger partial charge in [-0.3, -0.25) is 4.79 Å². The molecule has 1 atom stereocenters. The Labute approximate surface area is 274 Å². The lowest BCUT2D eigenvalue weighted by Gasteiger charge is -2.15. The third-order valence-electron chi connectivity index (χ3n) is 7.23. The first-order valence-electron chi connectivity index (χ1n) is 14.6. The van der Waals surface area contributed by atoms with Crippen LogP contribution in [0.4, 0.5) is 4.39 Å². The Kier molecular flexibility index (Phi) is 11.0. The maximum absolute atomic E-state index is 14.3. The molecule has 12 heteroatoms. The number of carbonyl (C=O) groups excluding carboxylic acids is 2. The van der Waals surface area contributed by atoms with E-state index in [1.165, 1.54) is 49.8 Å². The molecule has 0 fully saturated rings. The third-order valence-corrected chi connectivity index (χ3v) is 8.23. The average molecular weight is 661 g/mol. The molecule has 10 nitrogen and oxygen atoms in total. The second-order valence-electron chi connectivity index (χ2n) is 10.3. The SMILES string of the molecule is COC(=O)c1cc(-c2csc3c(F)cccc23)nc(C(O)CNC(=O)c2ccc(OCCOCc3ccc(OC)cc3)c(OC)c2)c1. The molecule has 47 heavy (non-hydrogen) atoms. The number of thiophene rings is 1. The summed E-state index contributed by atoms with van der Waals surface area (Å²) in [6.45, 7) is 0.812. The number of hydrogen-bond donors (Lipinski definition) is 2. The van der Waals surface area contributed by atoms with Gasteiger partial charge in [-0.1, -0.05) is 24.3 Å². The second kappa shape index (κ2) is 15.5. The molecule has 2 N–H and O–H groups in total. The van der Waals surface area contributed by atoms with E-state index in [0.717, 1.165) is 11.3 Å². The van der Waals surface area contributed by atoms with Crippen LogP contribution >= 0.6 is 11.3 Å². The van der Waals surface area contributed by atoms with Crippen LogP contribution in [0.15, 0.2) is 78.2 Å². The maximum Gasteiger partial charge on any atom is 0.337 e. The van der Waals surface area contributed by atoms with Gasteiger partial charge in [0.1, 0.15) is 24.3 Å². The molecule has 3 aromatic carbocycles. The van der Waals surface area contributed by atoms with Crippen molar-refractivity contribution in [2.45, 2.75) is 12.7 Å². The highest BCUT2D eigenvalue weighted by Crippen LogP contribution is 2.35. The molecular formula is C35H33FN2O8S. The van der Waals surface area contributed by atoms with Crippen molar-refractivity contribution in [2.75, 3.05) is 41.1 Å². The van der Waals surface area contributed by atoms with Crippen LogP contribution in [0.25, 0.3) is 21.3 Å². The third kappa shape index (κ3) is 8.04. The number of fused-ring (bicyclic) bond motifs is 1. The van der Waals surface area contributed by atoms with Crippen molar-refractivity contribution < 1.29 is 42.8 Å². The molecule has 0 saturated carbocycles. The summed E-state index contributed by atoms with van der Waals surface area (Å²) in [5.74, 6) is 0.100. The smallest absolute Gasteiger partial charge is 0.337 e. The van der Waals surface area contributed by atoms with Crippen LogP contribution < -0.4 is 19.5 Å². The molecule has 0 bridgehead atoms. The fourth-order valence-corrected chi connectivity index (χ4v) is 5.73. The van der Waals surface area contributed by atoms with Gasteiger partial charge < -0.3 is 34.1 Å². The lowest BCUT2D eigenvalue weighted by molar-refractivity contribution is 0.0599. The lowest BCUT2D eigenvalue weighted by Crippen LogP contribution is -2.29. The predicted octanol–water partition coefficient (Wildman–Crippen LogP) is 5.97. The molecule has 0 aliphatic carbocycles. The highest BCUT2D eigenvalue weighted by atomic mass is 32.1. The minimum absolute atomic E-state index is 0.134. The zero-order valence-corrected chi connectivity index (χ0v) is 26.8. The molecule has 1 unspecified atom stereocenters. The van der Waals surface area contributed by atoms with Gasteiger partial charge in [0, 0.05) is 28.4 Å². The fourth-order valence-electron chi connectivity index (χ4n) is 4.76. The maximum atomic E-state index is 14.3. The van der Waals surface area contributed by atoms with Crippen molar-refractivity contribution in [3.05, 3.63) is 106 Å². The average Bonchev–Trinajstić information content (AvgIpc) is 3.55. The van der Waals surface area contributed by atoms with Gasteiger partial charge in [-0.25, -0.2) is 14.2 Å². The molecule has 2 heterocycles. The molecule has 244 valence electrons. The van der Waals surface area contributed by atoms with Gasteiger partial charge in [-0.05, 0) is 54.1 Å². The molecular weight excluding hydrogens is 627 g/mol. The van der Waals surface area contributed by atoms with Crippen molar-refractivity contribution in [2.24, 2.45) is 0 Å². The van der Waals surface area contributed by atoms with Gasteiger partial charge in [0.15, 0.2) is 11.5 Å². The van der Waals surface area contributed by atoms with Gasteiger partial charge in [0.05, 0.1) is 56.2 Å². The van der Waals surface area contributed by atoms with Crippen LogP contribution in [0, 0.1) is 5.82 Å². The van der Waals surface area contributed by atoms with E-state index in [2.05, 4.69) is 10.3 Å². The van der Waals surface area contributed by atoms with Crippen LogP contribution in [0.2, 0.25) is 0 Å². The van der Waals surface area contributed by atoms with E-state index in [1.54, 1.807) is 36.8 Å². The molecule has 0 radical (unpaired) electrons. The van der Waals surface area contributed by atoms with E-state index in [1.807, 2.05) is 24.3 Å². The van der Waals surface area contributed by atoms with Gasteiger partial charge >= 0.3 is 5.97 Å². The number of carbonyl (C=O) groups is 2. The molecule has 0 saturated heterocycles. The quantitative estimate of drug-likeness (QED) is 0.110. The Hall–Kier alpha value is -5.04. The summed E-state index contributed by atoms with van der Waals surface area (Å²) < 4.78 is 41.7. The largest absolute Gasteiger partial charge is 0.497 e. The summed E-state index contributed by atoms with van der Waals surface area (Å²) in [5, 5.41) is 16.1. The monoisotopic (exact) mass is 660 g/mol. The number of benzene rings is 3. The number of hydrogen-bond acceptors (Lipinski definition) is 10. The van der Waals surface area contributed by atoms with Crippen LogP contribution in [-0.4, -0.2) is 63.1 Å². The van der Waals surface area contributed by atoms with Gasteiger partial charge in [-0.15, -0.1) is 11.3 Å². The first kappa shape index (κ1) is 33.3. The van der Waals surface area contributed by atoms with Gasteiger partial charge in [0.25, 0.3) is 5.91 Å². The van der Waals surface area contributed by atoms with Crippen molar-refractivity contribution in [1.29, 1.82) is 0 Å². The number of rotatable bonds is 14. The Balaban J connectivity index is 1.21. The standard InChI is InChI=1S/C35H33FN2O8S/c1-42-24-10-7-21(8-11-24)19-45-13-14-46-31-12-9-22(17-32(31)43-2)34(40)37-18-30(39)29-16-23(35(41)44-3)15-28(38-29)26-20-47-33-25(26)5-4-6-27(33)36/h4-12,15-17,20,30,39H,13-14,18-19H2,1-3H3,(H,37,40). The van der Waals surface area contributed by atoms with Crippen molar-refractivity contribution in [3.63, 3.8) is 0 Å². The number of amides is 1. The summed E-state index contributed by atoms with van der Waals surface area (Å²) in [7, 11) is 4.33. The number of aliphatic hydroxyl groups is 1. The van der Waals surface area contributed by atoms with Crippen LogP contribution in [0.3, 0.4) is 0 Å². The first-order valence-corrected chi connectivity index (χ1v) is 15.4. The van der Waals surface area contributed by atoms with E-state index in [-0.39, 0.29) is 35.8 Å². The number of nitrogens with one attached hydrogen (secondary N) is 1. The lowest BCUT2D eigenvalue weighted by atomic mass is 10.0. The zero-order chi connectivity index (χ0) is 33.3. The highest BCUT2D eigenvalue weighted by Gasteiger charge is 2.20. The molecule has 0 aliphatic rings. The number of esters is 1. The van der Waals surface area contributed by atoms with Gasteiger partial charge in [-0.2, -0.15) is 0 Å². The Morgan fingerprint density at radius 2 is 1.74 bits per heavy atom.